The quantitative estimate of drug-likeness (QED) is 0.905. The minimum Gasteiger partial charge on any atom is -0.481 e. The molecular formula is C19H23N5O2. The van der Waals surface area contributed by atoms with Gasteiger partial charge in [-0.25, -0.2) is 9.97 Å². The lowest BCUT2D eigenvalue weighted by Gasteiger charge is -2.28. The number of aromatic amines is 1. The maximum atomic E-state index is 12.6. The SMILES string of the molecule is COc1ncccc1CN1CCc2nc(C3=NCCCC3)[nH]c(=O)c2C1. The average Bonchev–Trinajstić information content (AvgIpc) is 2.69. The summed E-state index contributed by atoms with van der Waals surface area (Å²) in [5.74, 6) is 1.30. The van der Waals surface area contributed by atoms with Crippen LogP contribution in [0.3, 0.4) is 0 Å². The first-order valence-electron chi connectivity index (χ1n) is 9.10. The molecule has 0 unspecified atom stereocenters. The van der Waals surface area contributed by atoms with Crippen LogP contribution in [0.15, 0.2) is 28.1 Å². The lowest BCUT2D eigenvalue weighted by molar-refractivity contribution is 0.237. The molecule has 1 N–H and O–H groups in total. The Morgan fingerprint density at radius 2 is 2.23 bits per heavy atom. The molecule has 0 spiro atoms. The topological polar surface area (TPSA) is 83.5 Å². The van der Waals surface area contributed by atoms with Gasteiger partial charge >= 0.3 is 0 Å². The van der Waals surface area contributed by atoms with E-state index in [4.69, 9.17) is 9.72 Å². The summed E-state index contributed by atoms with van der Waals surface area (Å²) in [6.45, 7) is 2.97. The van der Waals surface area contributed by atoms with Crippen LogP contribution in [0, 0.1) is 0 Å². The third-order valence-corrected chi connectivity index (χ3v) is 4.98. The molecule has 2 aromatic rings. The number of nitrogens with one attached hydrogen (secondary N) is 1. The molecule has 7 nitrogen and oxygen atoms in total. The summed E-state index contributed by atoms with van der Waals surface area (Å²) in [5.41, 5.74) is 3.60. The number of methoxy groups -OCH3 is 1. The summed E-state index contributed by atoms with van der Waals surface area (Å²) in [6.07, 6.45) is 5.61. The van der Waals surface area contributed by atoms with Crippen LogP contribution in [-0.2, 0) is 19.5 Å². The second kappa shape index (κ2) is 7.37. The van der Waals surface area contributed by atoms with Gasteiger partial charge in [-0.05, 0) is 25.3 Å². The molecule has 0 saturated carbocycles. The van der Waals surface area contributed by atoms with Gasteiger partial charge in [0, 0.05) is 44.4 Å². The number of aliphatic imine (C=N–C) groups is 1. The molecule has 136 valence electrons. The largest absolute Gasteiger partial charge is 0.481 e. The van der Waals surface area contributed by atoms with E-state index in [0.717, 1.165) is 61.3 Å². The monoisotopic (exact) mass is 353 g/mol. The molecule has 26 heavy (non-hydrogen) atoms. The van der Waals surface area contributed by atoms with Gasteiger partial charge in [-0.3, -0.25) is 14.7 Å². The van der Waals surface area contributed by atoms with Crippen LogP contribution in [-0.4, -0.2) is 45.8 Å². The predicted octanol–water partition coefficient (Wildman–Crippen LogP) is 1.70. The molecule has 0 fully saturated rings. The molecule has 0 saturated heterocycles. The summed E-state index contributed by atoms with van der Waals surface area (Å²) in [6, 6.07) is 3.91. The first-order chi connectivity index (χ1) is 12.7. The number of nitrogens with zero attached hydrogens (tertiary/aromatic N) is 4. The molecule has 2 aromatic heterocycles. The van der Waals surface area contributed by atoms with Crippen LogP contribution in [0.1, 0.15) is 41.9 Å². The van der Waals surface area contributed by atoms with Crippen molar-refractivity contribution < 1.29 is 4.74 Å². The first kappa shape index (κ1) is 16.9. The number of hydrogen-bond acceptors (Lipinski definition) is 6. The fraction of sp³-hybridized carbons (Fsp3) is 0.474. The Bertz CT molecular complexity index is 890. The van der Waals surface area contributed by atoms with E-state index >= 15 is 0 Å². The lowest BCUT2D eigenvalue weighted by atomic mass is 10.0. The summed E-state index contributed by atoms with van der Waals surface area (Å²) < 4.78 is 5.33. The average molecular weight is 353 g/mol. The molecule has 4 rings (SSSR count). The number of aromatic nitrogens is 3. The van der Waals surface area contributed by atoms with Gasteiger partial charge in [0.25, 0.3) is 5.56 Å². The normalized spacial score (nSPS) is 17.5. The molecule has 0 aliphatic carbocycles. The Labute approximate surface area is 152 Å². The molecular weight excluding hydrogens is 330 g/mol. The van der Waals surface area contributed by atoms with Crippen LogP contribution in [0.4, 0.5) is 0 Å². The molecule has 7 heteroatoms. The van der Waals surface area contributed by atoms with Crippen molar-refractivity contribution in [2.24, 2.45) is 4.99 Å². The standard InChI is InChI=1S/C19H23N5O2/c1-26-19-13(5-4-9-21-19)11-24-10-7-15-14(12-24)18(25)23-17(22-15)16-6-2-3-8-20-16/h4-5,9H,2-3,6-8,10-12H2,1H3,(H,22,23,25). The van der Waals surface area contributed by atoms with E-state index in [-0.39, 0.29) is 5.56 Å². The van der Waals surface area contributed by atoms with Crippen molar-refractivity contribution in [3.63, 3.8) is 0 Å². The third-order valence-electron chi connectivity index (χ3n) is 4.98. The van der Waals surface area contributed by atoms with Gasteiger partial charge in [0.1, 0.15) is 0 Å². The maximum Gasteiger partial charge on any atom is 0.255 e. The third kappa shape index (κ3) is 3.39. The van der Waals surface area contributed by atoms with Gasteiger partial charge in [0.2, 0.25) is 5.88 Å². The highest BCUT2D eigenvalue weighted by molar-refractivity contribution is 5.97. The van der Waals surface area contributed by atoms with Gasteiger partial charge < -0.3 is 9.72 Å². The molecule has 4 heterocycles. The van der Waals surface area contributed by atoms with Crippen LogP contribution < -0.4 is 10.3 Å². The molecule has 2 aliphatic rings. The molecule has 0 radical (unpaired) electrons. The van der Waals surface area contributed by atoms with Crippen molar-refractivity contribution in [3.05, 3.63) is 51.3 Å². The second-order valence-electron chi connectivity index (χ2n) is 6.76. The number of H-pyrrole nitrogens is 1. The van der Waals surface area contributed by atoms with Gasteiger partial charge in [0.05, 0.1) is 24.1 Å². The van der Waals surface area contributed by atoms with E-state index in [1.54, 1.807) is 13.3 Å². The van der Waals surface area contributed by atoms with Crippen LogP contribution in [0.2, 0.25) is 0 Å². The van der Waals surface area contributed by atoms with E-state index in [1.165, 1.54) is 0 Å². The van der Waals surface area contributed by atoms with E-state index < -0.39 is 0 Å². The highest BCUT2D eigenvalue weighted by Crippen LogP contribution is 2.21. The minimum absolute atomic E-state index is 0.0406. The smallest absolute Gasteiger partial charge is 0.255 e. The zero-order valence-corrected chi connectivity index (χ0v) is 15.0. The van der Waals surface area contributed by atoms with Gasteiger partial charge in [-0.2, -0.15) is 0 Å². The van der Waals surface area contributed by atoms with E-state index in [1.807, 2.05) is 12.1 Å². The van der Waals surface area contributed by atoms with Crippen LogP contribution in [0.5, 0.6) is 5.88 Å². The van der Waals surface area contributed by atoms with E-state index in [9.17, 15) is 4.79 Å². The predicted molar refractivity (Wildman–Crippen MR) is 98.7 cm³/mol. The van der Waals surface area contributed by atoms with Crippen LogP contribution in [0.25, 0.3) is 0 Å². The fourth-order valence-electron chi connectivity index (χ4n) is 3.61. The first-order valence-corrected chi connectivity index (χ1v) is 9.10. The van der Waals surface area contributed by atoms with Gasteiger partial charge in [0.15, 0.2) is 5.82 Å². The highest BCUT2D eigenvalue weighted by Gasteiger charge is 2.23. The summed E-state index contributed by atoms with van der Waals surface area (Å²) in [5, 5.41) is 0. The summed E-state index contributed by atoms with van der Waals surface area (Å²) >= 11 is 0. The van der Waals surface area contributed by atoms with Crippen molar-refractivity contribution in [2.75, 3.05) is 20.2 Å². The van der Waals surface area contributed by atoms with Crippen molar-refractivity contribution in [1.29, 1.82) is 0 Å². The maximum absolute atomic E-state index is 12.6. The number of rotatable bonds is 4. The summed E-state index contributed by atoms with van der Waals surface area (Å²) in [7, 11) is 1.63. The number of hydrogen-bond donors (Lipinski definition) is 1. The number of ether oxygens (including phenoxy) is 1. The Kier molecular flexibility index (Phi) is 4.79. The zero-order chi connectivity index (χ0) is 17.9. The Hall–Kier alpha value is -2.54. The van der Waals surface area contributed by atoms with Crippen molar-refractivity contribution in [1.82, 2.24) is 19.9 Å². The Morgan fingerprint density at radius 1 is 1.31 bits per heavy atom. The van der Waals surface area contributed by atoms with Gasteiger partial charge in [-0.15, -0.1) is 0 Å². The second-order valence-corrected chi connectivity index (χ2v) is 6.76. The highest BCUT2D eigenvalue weighted by atomic mass is 16.5. The van der Waals surface area contributed by atoms with Crippen molar-refractivity contribution >= 4 is 5.71 Å². The zero-order valence-electron chi connectivity index (χ0n) is 15.0. The Morgan fingerprint density at radius 3 is 3.04 bits per heavy atom. The van der Waals surface area contributed by atoms with Crippen LogP contribution >= 0.6 is 0 Å². The van der Waals surface area contributed by atoms with Crippen molar-refractivity contribution in [2.45, 2.75) is 38.8 Å². The van der Waals surface area contributed by atoms with E-state index in [0.29, 0.717) is 24.8 Å². The molecule has 2 aliphatic heterocycles. The summed E-state index contributed by atoms with van der Waals surface area (Å²) in [4.78, 5) is 31.3. The van der Waals surface area contributed by atoms with Crippen molar-refractivity contribution in [3.8, 4) is 5.88 Å². The minimum atomic E-state index is -0.0406. The van der Waals surface area contributed by atoms with Gasteiger partial charge in [-0.1, -0.05) is 6.07 Å². The lowest BCUT2D eigenvalue weighted by Crippen LogP contribution is -2.36. The molecule has 0 atom stereocenters. The Balaban J connectivity index is 1.55. The molecule has 0 amide bonds. The number of pyridine rings is 1. The van der Waals surface area contributed by atoms with E-state index in [2.05, 4.69) is 19.9 Å². The fourth-order valence-corrected chi connectivity index (χ4v) is 3.61. The molecule has 0 bridgehead atoms. The number of fused-ring (bicyclic) bond motifs is 1. The molecule has 0 aromatic carbocycles.